The summed E-state index contributed by atoms with van der Waals surface area (Å²) in [5, 5.41) is 6.09. The lowest BCUT2D eigenvalue weighted by Gasteiger charge is -2.33. The van der Waals surface area contributed by atoms with Crippen molar-refractivity contribution in [2.24, 2.45) is 0 Å². The largest absolute Gasteiger partial charge is 0.355 e. The molecule has 3 rings (SSSR count). The van der Waals surface area contributed by atoms with Crippen molar-refractivity contribution in [3.8, 4) is 0 Å². The average Bonchev–Trinajstić information content (AvgIpc) is 2.76. The van der Waals surface area contributed by atoms with Crippen molar-refractivity contribution in [3.05, 3.63) is 64.7 Å². The Balaban J connectivity index is 1.58. The summed E-state index contributed by atoms with van der Waals surface area (Å²) in [7, 11) is 0. The van der Waals surface area contributed by atoms with Crippen LogP contribution < -0.4 is 10.6 Å². The molecule has 0 unspecified atom stereocenters. The molecule has 1 saturated heterocycles. The second-order valence-electron chi connectivity index (χ2n) is 7.44. The van der Waals surface area contributed by atoms with Crippen LogP contribution in [0.2, 0.25) is 5.02 Å². The van der Waals surface area contributed by atoms with Crippen molar-refractivity contribution < 1.29 is 14.4 Å². The Morgan fingerprint density at radius 1 is 0.903 bits per heavy atom. The molecule has 1 aliphatic rings. The van der Waals surface area contributed by atoms with Gasteiger partial charge in [-0.15, -0.1) is 0 Å². The molecule has 2 amide bonds. The predicted octanol–water partition coefficient (Wildman–Crippen LogP) is 2.26. The predicted molar refractivity (Wildman–Crippen MR) is 122 cm³/mol. The summed E-state index contributed by atoms with van der Waals surface area (Å²) in [5.74, 6) is -0.369. The number of hydrogen-bond acceptors (Lipinski definition) is 5. The van der Waals surface area contributed by atoms with Crippen LogP contribution in [-0.2, 0) is 9.59 Å². The zero-order chi connectivity index (χ0) is 22.2. The van der Waals surface area contributed by atoms with E-state index in [1.807, 2.05) is 17.9 Å². The second-order valence-corrected chi connectivity index (χ2v) is 7.88. The Kier molecular flexibility index (Phi) is 8.17. The molecule has 0 aromatic heterocycles. The lowest BCUT2D eigenvalue weighted by atomic mass is 10.0. The van der Waals surface area contributed by atoms with Gasteiger partial charge in [-0.3, -0.25) is 24.2 Å². The van der Waals surface area contributed by atoms with Gasteiger partial charge in [-0.05, 0) is 25.1 Å². The van der Waals surface area contributed by atoms with Gasteiger partial charge in [0.25, 0.3) is 0 Å². The number of carbonyl (C=O) groups excluding carboxylic acids is 3. The normalized spacial score (nSPS) is 14.8. The van der Waals surface area contributed by atoms with Crippen LogP contribution >= 0.6 is 11.6 Å². The van der Waals surface area contributed by atoms with E-state index in [-0.39, 0.29) is 24.1 Å². The van der Waals surface area contributed by atoms with Crippen LogP contribution in [0.5, 0.6) is 0 Å². The highest BCUT2D eigenvalue weighted by Gasteiger charge is 2.21. The van der Waals surface area contributed by atoms with E-state index in [1.54, 1.807) is 42.5 Å². The van der Waals surface area contributed by atoms with Gasteiger partial charge in [0.05, 0.1) is 18.8 Å². The van der Waals surface area contributed by atoms with Crippen LogP contribution in [0, 0.1) is 0 Å². The molecule has 1 fully saturated rings. The Labute approximate surface area is 187 Å². The molecule has 0 bridgehead atoms. The minimum Gasteiger partial charge on any atom is -0.355 e. The molecule has 0 saturated carbocycles. The molecule has 2 aromatic carbocycles. The highest BCUT2D eigenvalue weighted by molar-refractivity contribution is 6.31. The third kappa shape index (κ3) is 6.62. The van der Waals surface area contributed by atoms with Crippen molar-refractivity contribution in [2.45, 2.75) is 6.92 Å². The van der Waals surface area contributed by atoms with Crippen molar-refractivity contribution in [1.82, 2.24) is 15.1 Å². The highest BCUT2D eigenvalue weighted by Crippen LogP contribution is 2.24. The number of anilines is 1. The Bertz CT molecular complexity index is 928. The number of nitrogens with zero attached hydrogens (tertiary/aromatic N) is 2. The van der Waals surface area contributed by atoms with Gasteiger partial charge in [0.15, 0.2) is 5.78 Å². The molecule has 2 aromatic rings. The van der Waals surface area contributed by atoms with Gasteiger partial charge in [-0.25, -0.2) is 0 Å². The fourth-order valence-corrected chi connectivity index (χ4v) is 3.68. The van der Waals surface area contributed by atoms with E-state index in [1.165, 1.54) is 0 Å². The summed E-state index contributed by atoms with van der Waals surface area (Å²) in [6.07, 6.45) is 0. The van der Waals surface area contributed by atoms with E-state index >= 15 is 0 Å². The maximum absolute atomic E-state index is 12.9. The zero-order valence-corrected chi connectivity index (χ0v) is 18.3. The number of likely N-dealkylation sites (N-methyl/N-ethyl adjacent to an activating group) is 1. The summed E-state index contributed by atoms with van der Waals surface area (Å²) in [6, 6.07) is 13.8. The minimum atomic E-state index is -0.197. The smallest absolute Gasteiger partial charge is 0.238 e. The van der Waals surface area contributed by atoms with Gasteiger partial charge in [-0.2, -0.15) is 0 Å². The van der Waals surface area contributed by atoms with Crippen LogP contribution in [0.25, 0.3) is 0 Å². The van der Waals surface area contributed by atoms with E-state index in [9.17, 15) is 14.4 Å². The first kappa shape index (κ1) is 22.9. The Hall–Kier alpha value is -2.74. The van der Waals surface area contributed by atoms with Crippen molar-refractivity contribution >= 4 is 34.9 Å². The van der Waals surface area contributed by atoms with Gasteiger partial charge >= 0.3 is 0 Å². The van der Waals surface area contributed by atoms with Crippen LogP contribution in [0.3, 0.4) is 0 Å². The van der Waals surface area contributed by atoms with Crippen LogP contribution in [0.4, 0.5) is 5.69 Å². The number of halogens is 1. The number of nitrogens with one attached hydrogen (secondary N) is 2. The van der Waals surface area contributed by atoms with Gasteiger partial charge in [0.2, 0.25) is 11.8 Å². The topological polar surface area (TPSA) is 81.8 Å². The van der Waals surface area contributed by atoms with Crippen molar-refractivity contribution in [3.63, 3.8) is 0 Å². The Morgan fingerprint density at radius 3 is 2.13 bits per heavy atom. The first-order chi connectivity index (χ1) is 15.0. The lowest BCUT2D eigenvalue weighted by molar-refractivity contribution is -0.123. The molecule has 1 heterocycles. The second kappa shape index (κ2) is 11.0. The van der Waals surface area contributed by atoms with Gasteiger partial charge in [0.1, 0.15) is 0 Å². The monoisotopic (exact) mass is 442 g/mol. The molecule has 1 aliphatic heterocycles. The number of amides is 2. The van der Waals surface area contributed by atoms with E-state index in [0.717, 1.165) is 13.1 Å². The average molecular weight is 443 g/mol. The molecule has 0 atom stereocenters. The summed E-state index contributed by atoms with van der Waals surface area (Å²) < 4.78 is 0. The molecule has 2 N–H and O–H groups in total. The Morgan fingerprint density at radius 2 is 1.52 bits per heavy atom. The number of ketones is 1. The van der Waals surface area contributed by atoms with Gasteiger partial charge in [-0.1, -0.05) is 41.9 Å². The third-order valence-corrected chi connectivity index (χ3v) is 5.34. The highest BCUT2D eigenvalue weighted by atomic mass is 35.5. The molecule has 0 radical (unpaired) electrons. The van der Waals surface area contributed by atoms with Gasteiger partial charge < -0.3 is 10.6 Å². The third-order valence-electron chi connectivity index (χ3n) is 5.11. The maximum atomic E-state index is 12.9. The summed E-state index contributed by atoms with van der Waals surface area (Å²) >= 11 is 6.10. The first-order valence-electron chi connectivity index (χ1n) is 10.4. The van der Waals surface area contributed by atoms with Gasteiger partial charge in [0, 0.05) is 48.9 Å². The number of piperazine rings is 1. The van der Waals surface area contributed by atoms with Crippen LogP contribution in [-0.4, -0.2) is 73.2 Å². The molecule has 31 heavy (non-hydrogen) atoms. The summed E-state index contributed by atoms with van der Waals surface area (Å²) in [6.45, 7) is 5.96. The molecular formula is C23H27ClN4O3. The first-order valence-corrected chi connectivity index (χ1v) is 10.7. The molecule has 164 valence electrons. The quantitative estimate of drug-likeness (QED) is 0.613. The molecule has 8 heteroatoms. The molecule has 0 spiro atoms. The summed E-state index contributed by atoms with van der Waals surface area (Å²) in [5.41, 5.74) is 1.33. The molecular weight excluding hydrogens is 416 g/mol. The molecule has 7 nitrogen and oxygen atoms in total. The van der Waals surface area contributed by atoms with E-state index in [2.05, 4.69) is 15.5 Å². The van der Waals surface area contributed by atoms with E-state index < -0.39 is 0 Å². The number of benzene rings is 2. The zero-order valence-electron chi connectivity index (χ0n) is 17.6. The minimum absolute atomic E-state index is 0.0204. The fraction of sp³-hybridized carbons (Fsp3) is 0.348. The van der Waals surface area contributed by atoms with Crippen molar-refractivity contribution in [2.75, 3.05) is 51.1 Å². The van der Waals surface area contributed by atoms with Crippen LogP contribution in [0.15, 0.2) is 48.5 Å². The summed E-state index contributed by atoms with van der Waals surface area (Å²) in [4.78, 5) is 41.4. The SMILES string of the molecule is CCNC(=O)CN1CCN(CC(=O)Nc2ccc(Cl)cc2C(=O)c2ccccc2)CC1. The molecule has 0 aliphatic carbocycles. The van der Waals surface area contributed by atoms with Crippen LogP contribution in [0.1, 0.15) is 22.8 Å². The van der Waals surface area contributed by atoms with E-state index in [0.29, 0.717) is 48.0 Å². The number of carbonyl (C=O) groups is 3. The number of rotatable bonds is 8. The standard InChI is InChI=1S/C23H27ClN4O3/c1-2-25-21(29)15-27-10-12-28(13-11-27)16-22(30)26-20-9-8-18(24)14-19(20)23(31)17-6-4-3-5-7-17/h3-9,14H,2,10-13,15-16H2,1H3,(H,25,29)(H,26,30). The lowest BCUT2D eigenvalue weighted by Crippen LogP contribution is -2.51. The maximum Gasteiger partial charge on any atom is 0.238 e. The van der Waals surface area contributed by atoms with Crippen molar-refractivity contribution in [1.29, 1.82) is 0 Å². The fourth-order valence-electron chi connectivity index (χ4n) is 3.51. The van der Waals surface area contributed by atoms with E-state index in [4.69, 9.17) is 11.6 Å². The number of hydrogen-bond donors (Lipinski definition) is 2.